The Morgan fingerprint density at radius 3 is 2.31 bits per heavy atom. The SMILES string of the molecule is CC(NC(=O)C1Cc2cc3c(cc2CN1C(=O)c1ccccc1S(C)(=O)=O)O[C@@H](c1ccc(OCc2ccc(Cl)c(Cl)c2)cc1)CO3)(C(=O)O)c1ccc(-c2ccccc2)c(C#N)c1. The van der Waals surface area contributed by atoms with E-state index in [0.717, 1.165) is 22.9 Å². The summed E-state index contributed by atoms with van der Waals surface area (Å²) >= 11 is 12.2. The minimum Gasteiger partial charge on any atom is -0.489 e. The van der Waals surface area contributed by atoms with Gasteiger partial charge in [0.2, 0.25) is 5.91 Å². The number of ether oxygens (including phenoxy) is 3. The lowest BCUT2D eigenvalue weighted by Gasteiger charge is -2.39. The smallest absolute Gasteiger partial charge is 0.333 e. The number of rotatable bonds is 11. The number of carboxylic acids is 1. The molecule has 2 amide bonds. The number of fused-ring (bicyclic) bond motifs is 2. The molecule has 8 rings (SSSR count). The molecule has 2 unspecified atom stereocenters. The molecule has 324 valence electrons. The van der Waals surface area contributed by atoms with Crippen LogP contribution in [0.2, 0.25) is 10.0 Å². The lowest BCUT2D eigenvalue weighted by molar-refractivity contribution is -0.148. The Balaban J connectivity index is 1.08. The number of nitrogens with one attached hydrogen (secondary N) is 1. The van der Waals surface area contributed by atoms with Crippen LogP contribution < -0.4 is 19.5 Å². The topological polar surface area (TPSA) is 172 Å². The lowest BCUT2D eigenvalue weighted by Crippen LogP contribution is -2.58. The summed E-state index contributed by atoms with van der Waals surface area (Å²) in [6, 6.07) is 36.4. The molecule has 2 aliphatic heterocycles. The van der Waals surface area contributed by atoms with Gasteiger partial charge in [0.15, 0.2) is 33.0 Å². The van der Waals surface area contributed by atoms with Gasteiger partial charge in [-0.05, 0) is 100 Å². The van der Waals surface area contributed by atoms with Crippen LogP contribution in [0.15, 0.2) is 132 Å². The van der Waals surface area contributed by atoms with Crippen LogP contribution in [-0.4, -0.2) is 55.1 Å². The molecule has 12 nitrogen and oxygen atoms in total. The summed E-state index contributed by atoms with van der Waals surface area (Å²) in [6.07, 6.45) is 0.404. The van der Waals surface area contributed by atoms with Gasteiger partial charge < -0.3 is 29.5 Å². The zero-order valence-electron chi connectivity index (χ0n) is 34.4. The largest absolute Gasteiger partial charge is 0.489 e. The van der Waals surface area contributed by atoms with Gasteiger partial charge in [-0.1, -0.05) is 96.0 Å². The zero-order chi connectivity index (χ0) is 45.3. The van der Waals surface area contributed by atoms with Crippen LogP contribution in [0.1, 0.15) is 56.8 Å². The van der Waals surface area contributed by atoms with Crippen LogP contribution in [-0.2, 0) is 44.5 Å². The van der Waals surface area contributed by atoms with Gasteiger partial charge in [0.1, 0.15) is 25.0 Å². The number of nitriles is 1. The summed E-state index contributed by atoms with van der Waals surface area (Å²) in [6.45, 7) is 1.59. The molecule has 2 N–H and O–H groups in total. The molecule has 0 fully saturated rings. The predicted octanol–water partition coefficient (Wildman–Crippen LogP) is 8.71. The quantitative estimate of drug-likeness (QED) is 0.128. The van der Waals surface area contributed by atoms with E-state index < -0.39 is 45.3 Å². The first-order valence-electron chi connectivity index (χ1n) is 20.0. The van der Waals surface area contributed by atoms with E-state index >= 15 is 0 Å². The third kappa shape index (κ3) is 8.85. The van der Waals surface area contributed by atoms with Gasteiger partial charge in [-0.3, -0.25) is 9.59 Å². The Bertz CT molecular complexity index is 2980. The summed E-state index contributed by atoms with van der Waals surface area (Å²) in [5.41, 5.74) is 2.36. The van der Waals surface area contributed by atoms with Crippen LogP contribution in [0.25, 0.3) is 11.1 Å². The van der Waals surface area contributed by atoms with E-state index in [4.69, 9.17) is 37.4 Å². The summed E-state index contributed by atoms with van der Waals surface area (Å²) in [4.78, 5) is 43.3. The normalized spacial score (nSPS) is 16.4. The maximum atomic E-state index is 14.6. The molecule has 2 aliphatic rings. The standard InChI is InChI=1S/C49H39Cl2N3O9S/c1-49(48(57)58,35-15-18-37(33(21-35)25-52)30-8-4-3-5-9-30)53-46(55)41-22-32-23-42-43(24-34(32)26-54(41)47(56)38-10-6-7-11-45(38)64(2,59)60)63-44(28-62-42)31-13-16-36(17-14-31)61-27-29-12-19-39(50)40(51)20-29/h3-21,23-24,41,44H,22,26-28H2,1-2H3,(H,53,55)(H,57,58)/t41?,44-,49?/m1/s1. The van der Waals surface area contributed by atoms with E-state index in [2.05, 4.69) is 11.4 Å². The highest BCUT2D eigenvalue weighted by Gasteiger charge is 2.43. The third-order valence-corrected chi connectivity index (χ3v) is 13.3. The highest BCUT2D eigenvalue weighted by atomic mass is 35.5. The molecular formula is C49H39Cl2N3O9S. The van der Waals surface area contributed by atoms with Crippen molar-refractivity contribution in [3.8, 4) is 34.4 Å². The fraction of sp³-hybridized carbons (Fsp3) is 0.184. The van der Waals surface area contributed by atoms with E-state index in [-0.39, 0.29) is 47.8 Å². The number of hydrogen-bond acceptors (Lipinski definition) is 9. The Labute approximate surface area is 379 Å². The predicted molar refractivity (Wildman–Crippen MR) is 239 cm³/mol. The van der Waals surface area contributed by atoms with E-state index in [1.54, 1.807) is 30.3 Å². The molecule has 2 heterocycles. The highest BCUT2D eigenvalue weighted by Crippen LogP contribution is 2.42. The first kappa shape index (κ1) is 43.8. The molecule has 64 heavy (non-hydrogen) atoms. The van der Waals surface area contributed by atoms with Crippen LogP contribution in [0.5, 0.6) is 17.2 Å². The Morgan fingerprint density at radius 1 is 0.891 bits per heavy atom. The number of sulfone groups is 1. The molecule has 0 aromatic heterocycles. The van der Waals surface area contributed by atoms with E-state index in [9.17, 15) is 33.2 Å². The van der Waals surface area contributed by atoms with Crippen molar-refractivity contribution < 1.29 is 42.1 Å². The van der Waals surface area contributed by atoms with Crippen molar-refractivity contribution >= 4 is 50.8 Å². The fourth-order valence-corrected chi connectivity index (χ4v) is 9.06. The third-order valence-electron chi connectivity index (χ3n) is 11.4. The highest BCUT2D eigenvalue weighted by molar-refractivity contribution is 7.90. The molecule has 6 aromatic rings. The maximum absolute atomic E-state index is 14.6. The van der Waals surface area contributed by atoms with E-state index in [1.165, 1.54) is 48.2 Å². The van der Waals surface area contributed by atoms with E-state index in [1.807, 2.05) is 60.7 Å². The van der Waals surface area contributed by atoms with Crippen molar-refractivity contribution in [1.82, 2.24) is 10.2 Å². The molecule has 0 radical (unpaired) electrons. The molecule has 6 aromatic carbocycles. The van der Waals surface area contributed by atoms with Gasteiger partial charge in [0, 0.05) is 19.2 Å². The first-order chi connectivity index (χ1) is 30.6. The summed E-state index contributed by atoms with van der Waals surface area (Å²) in [5.74, 6) is -1.54. The number of nitrogens with zero attached hydrogens (tertiary/aromatic N) is 2. The van der Waals surface area contributed by atoms with Crippen molar-refractivity contribution in [2.45, 2.75) is 49.1 Å². The Kier molecular flexibility index (Phi) is 12.1. The van der Waals surface area contributed by atoms with Crippen LogP contribution in [0.3, 0.4) is 0 Å². The number of halogens is 2. The lowest BCUT2D eigenvalue weighted by atomic mass is 9.86. The van der Waals surface area contributed by atoms with Gasteiger partial charge in [0.25, 0.3) is 5.91 Å². The van der Waals surface area contributed by atoms with Gasteiger partial charge in [0.05, 0.1) is 32.1 Å². The second-order valence-corrected chi connectivity index (χ2v) is 18.5. The molecule has 0 bridgehead atoms. The molecule has 3 atom stereocenters. The fourth-order valence-electron chi connectivity index (χ4n) is 7.86. The van der Waals surface area contributed by atoms with Gasteiger partial charge in [-0.2, -0.15) is 5.26 Å². The molecule has 0 saturated carbocycles. The van der Waals surface area contributed by atoms with Crippen molar-refractivity contribution in [2.75, 3.05) is 12.9 Å². The summed E-state index contributed by atoms with van der Waals surface area (Å²) < 4.78 is 44.4. The number of aliphatic carboxylic acids is 1. The molecule has 0 aliphatic carbocycles. The summed E-state index contributed by atoms with van der Waals surface area (Å²) in [7, 11) is -3.89. The van der Waals surface area contributed by atoms with Gasteiger partial charge >= 0.3 is 5.97 Å². The average molecular weight is 917 g/mol. The first-order valence-corrected chi connectivity index (χ1v) is 22.6. The zero-order valence-corrected chi connectivity index (χ0v) is 36.7. The number of carbonyl (C=O) groups is 3. The van der Waals surface area contributed by atoms with Crippen LogP contribution >= 0.6 is 23.2 Å². The minimum absolute atomic E-state index is 0.0796. The maximum Gasteiger partial charge on any atom is 0.333 e. The average Bonchev–Trinajstić information content (AvgIpc) is 3.30. The molecule has 0 saturated heterocycles. The number of amides is 2. The van der Waals surface area contributed by atoms with Crippen molar-refractivity contribution in [1.29, 1.82) is 5.26 Å². The second kappa shape index (κ2) is 17.7. The van der Waals surface area contributed by atoms with Gasteiger partial charge in [-0.25, -0.2) is 13.2 Å². The van der Waals surface area contributed by atoms with Crippen LogP contribution in [0.4, 0.5) is 0 Å². The second-order valence-electron chi connectivity index (χ2n) is 15.7. The monoisotopic (exact) mass is 915 g/mol. The Morgan fingerprint density at radius 2 is 1.61 bits per heavy atom. The number of hydrogen-bond donors (Lipinski definition) is 2. The summed E-state index contributed by atoms with van der Waals surface area (Å²) in [5, 5.41) is 24.3. The molecule has 15 heteroatoms. The number of carbonyl (C=O) groups excluding carboxylic acids is 2. The minimum atomic E-state index is -3.89. The Hall–Kier alpha value is -6.85. The number of carboxylic acid groups (broad SMARTS) is 1. The van der Waals surface area contributed by atoms with Crippen molar-refractivity contribution in [3.05, 3.63) is 176 Å². The van der Waals surface area contributed by atoms with Crippen LogP contribution in [0, 0.1) is 11.3 Å². The van der Waals surface area contributed by atoms with Gasteiger partial charge in [-0.15, -0.1) is 0 Å². The van der Waals surface area contributed by atoms with Crippen molar-refractivity contribution in [3.63, 3.8) is 0 Å². The molecular weight excluding hydrogens is 878 g/mol. The number of benzene rings is 6. The molecule has 0 spiro atoms. The van der Waals surface area contributed by atoms with E-state index in [0.29, 0.717) is 44.0 Å². The van der Waals surface area contributed by atoms with Crippen molar-refractivity contribution in [2.24, 2.45) is 0 Å².